The molecule has 0 atom stereocenters. The average molecular weight is 389 g/mol. The van der Waals surface area contributed by atoms with Gasteiger partial charge in [-0.1, -0.05) is 36.4 Å². The van der Waals surface area contributed by atoms with Gasteiger partial charge in [-0.25, -0.2) is 0 Å². The number of aromatic hydroxyl groups is 2. The van der Waals surface area contributed by atoms with Crippen LogP contribution in [-0.4, -0.2) is 22.0 Å². The number of anilines is 2. The molecule has 7 heteroatoms. The predicted molar refractivity (Wildman–Crippen MR) is 109 cm³/mol. The number of fused-ring (bicyclic) bond motifs is 1. The van der Waals surface area contributed by atoms with E-state index in [2.05, 4.69) is 16.0 Å². The SMILES string of the molecule is O=C1NC(=O)c2c(NCc3ccccc3O)ccc(NCc3ccccc3O)c21. The van der Waals surface area contributed by atoms with E-state index in [0.29, 0.717) is 35.6 Å². The molecule has 4 rings (SSSR count). The van der Waals surface area contributed by atoms with E-state index in [1.54, 1.807) is 48.5 Å². The van der Waals surface area contributed by atoms with Crippen molar-refractivity contribution in [3.8, 4) is 11.5 Å². The molecule has 3 aromatic rings. The summed E-state index contributed by atoms with van der Waals surface area (Å²) in [6.45, 7) is 0.594. The van der Waals surface area contributed by atoms with E-state index in [1.807, 2.05) is 12.1 Å². The first-order valence-corrected chi connectivity index (χ1v) is 9.09. The van der Waals surface area contributed by atoms with Gasteiger partial charge in [-0.2, -0.15) is 0 Å². The van der Waals surface area contributed by atoms with Crippen molar-refractivity contribution in [3.63, 3.8) is 0 Å². The van der Waals surface area contributed by atoms with Crippen LogP contribution in [0, 0.1) is 0 Å². The first-order chi connectivity index (χ1) is 14.0. The molecule has 29 heavy (non-hydrogen) atoms. The van der Waals surface area contributed by atoms with Crippen LogP contribution in [0.5, 0.6) is 11.5 Å². The summed E-state index contributed by atoms with van der Waals surface area (Å²) in [4.78, 5) is 24.7. The molecule has 1 heterocycles. The summed E-state index contributed by atoms with van der Waals surface area (Å²) in [7, 11) is 0. The van der Waals surface area contributed by atoms with Crippen LogP contribution in [0.25, 0.3) is 0 Å². The standard InChI is InChI=1S/C22H19N3O4/c26-17-7-3-1-5-13(17)11-23-15-9-10-16(20-19(15)21(28)25-22(20)29)24-12-14-6-2-4-8-18(14)27/h1-10,23-24,26-27H,11-12H2,(H,25,28,29). The van der Waals surface area contributed by atoms with Gasteiger partial charge in [0.1, 0.15) is 11.5 Å². The lowest BCUT2D eigenvalue weighted by Crippen LogP contribution is -2.20. The zero-order valence-electron chi connectivity index (χ0n) is 15.4. The Hall–Kier alpha value is -4.00. The average Bonchev–Trinajstić information content (AvgIpc) is 3.02. The van der Waals surface area contributed by atoms with Crippen LogP contribution in [-0.2, 0) is 13.1 Å². The van der Waals surface area contributed by atoms with Crippen LogP contribution in [0.4, 0.5) is 11.4 Å². The van der Waals surface area contributed by atoms with Gasteiger partial charge in [0.05, 0.1) is 11.1 Å². The maximum atomic E-state index is 12.4. The van der Waals surface area contributed by atoms with Crippen molar-refractivity contribution in [3.05, 3.63) is 82.9 Å². The number of hydrogen-bond donors (Lipinski definition) is 5. The quantitative estimate of drug-likeness (QED) is 0.414. The zero-order chi connectivity index (χ0) is 20.4. The molecular weight excluding hydrogens is 370 g/mol. The molecule has 146 valence electrons. The summed E-state index contributed by atoms with van der Waals surface area (Å²) in [5.41, 5.74) is 2.86. The highest BCUT2D eigenvalue weighted by atomic mass is 16.3. The summed E-state index contributed by atoms with van der Waals surface area (Å²) < 4.78 is 0. The zero-order valence-corrected chi connectivity index (χ0v) is 15.4. The summed E-state index contributed by atoms with van der Waals surface area (Å²) in [5.74, 6) is -0.650. The third-order valence-corrected chi connectivity index (χ3v) is 4.81. The minimum atomic E-state index is -0.476. The van der Waals surface area contributed by atoms with E-state index >= 15 is 0 Å². The Morgan fingerprint density at radius 3 is 1.48 bits per heavy atom. The highest BCUT2D eigenvalue weighted by Gasteiger charge is 2.32. The van der Waals surface area contributed by atoms with Crippen LogP contribution in [0.3, 0.4) is 0 Å². The second kappa shape index (κ2) is 7.55. The van der Waals surface area contributed by atoms with E-state index in [4.69, 9.17) is 0 Å². The first-order valence-electron chi connectivity index (χ1n) is 9.09. The number of hydrogen-bond acceptors (Lipinski definition) is 6. The van der Waals surface area contributed by atoms with Crippen molar-refractivity contribution < 1.29 is 19.8 Å². The molecule has 0 unspecified atom stereocenters. The fraction of sp³-hybridized carbons (Fsp3) is 0.0909. The van der Waals surface area contributed by atoms with Crippen LogP contribution in [0.1, 0.15) is 31.8 Å². The van der Waals surface area contributed by atoms with E-state index in [9.17, 15) is 19.8 Å². The lowest BCUT2D eigenvalue weighted by atomic mass is 10.0. The third-order valence-electron chi connectivity index (χ3n) is 4.81. The molecule has 0 aliphatic carbocycles. The second-order valence-corrected chi connectivity index (χ2v) is 6.66. The van der Waals surface area contributed by atoms with E-state index in [-0.39, 0.29) is 22.6 Å². The van der Waals surface area contributed by atoms with Gasteiger partial charge in [0, 0.05) is 35.6 Å². The van der Waals surface area contributed by atoms with E-state index in [1.165, 1.54) is 0 Å². The minimum Gasteiger partial charge on any atom is -0.508 e. The highest BCUT2D eigenvalue weighted by molar-refractivity contribution is 6.26. The summed E-state index contributed by atoms with van der Waals surface area (Å²) in [6, 6.07) is 17.2. The maximum absolute atomic E-state index is 12.4. The molecular formula is C22H19N3O4. The van der Waals surface area contributed by atoms with Gasteiger partial charge in [0.15, 0.2) is 0 Å². The molecule has 5 N–H and O–H groups in total. The largest absolute Gasteiger partial charge is 0.508 e. The molecule has 0 radical (unpaired) electrons. The van der Waals surface area contributed by atoms with Crippen LogP contribution in [0.15, 0.2) is 60.7 Å². The van der Waals surface area contributed by atoms with Gasteiger partial charge >= 0.3 is 0 Å². The first kappa shape index (κ1) is 18.4. The van der Waals surface area contributed by atoms with Crippen molar-refractivity contribution in [2.45, 2.75) is 13.1 Å². The third kappa shape index (κ3) is 3.58. The van der Waals surface area contributed by atoms with Crippen molar-refractivity contribution in [2.75, 3.05) is 10.6 Å². The topological polar surface area (TPSA) is 111 Å². The number of imide groups is 1. The maximum Gasteiger partial charge on any atom is 0.261 e. The second-order valence-electron chi connectivity index (χ2n) is 6.66. The predicted octanol–water partition coefficient (Wildman–Crippen LogP) is 3.21. The lowest BCUT2D eigenvalue weighted by Gasteiger charge is -2.15. The molecule has 0 aromatic heterocycles. The Labute approximate surface area is 167 Å². The van der Waals surface area contributed by atoms with Crippen molar-refractivity contribution in [1.29, 1.82) is 0 Å². The molecule has 3 aromatic carbocycles. The number of nitrogens with one attached hydrogen (secondary N) is 3. The lowest BCUT2D eigenvalue weighted by molar-refractivity contribution is 0.0880. The van der Waals surface area contributed by atoms with Crippen molar-refractivity contribution in [2.24, 2.45) is 0 Å². The number of para-hydroxylation sites is 2. The molecule has 0 saturated carbocycles. The number of amides is 2. The highest BCUT2D eigenvalue weighted by Crippen LogP contribution is 2.32. The molecule has 0 bridgehead atoms. The molecule has 1 aliphatic rings. The molecule has 1 aliphatic heterocycles. The monoisotopic (exact) mass is 389 g/mol. The molecule has 7 nitrogen and oxygen atoms in total. The number of phenols is 2. The molecule has 2 amide bonds. The van der Waals surface area contributed by atoms with Crippen LogP contribution >= 0.6 is 0 Å². The Kier molecular flexibility index (Phi) is 4.78. The summed E-state index contributed by atoms with van der Waals surface area (Å²) >= 11 is 0. The Morgan fingerprint density at radius 2 is 1.07 bits per heavy atom. The summed E-state index contributed by atoms with van der Waals surface area (Å²) in [5, 5.41) is 28.4. The number of carbonyl (C=O) groups excluding carboxylic acids is 2. The molecule has 0 spiro atoms. The fourth-order valence-electron chi connectivity index (χ4n) is 3.30. The van der Waals surface area contributed by atoms with E-state index < -0.39 is 11.8 Å². The Bertz CT molecular complexity index is 1020. The van der Waals surface area contributed by atoms with Gasteiger partial charge in [0.2, 0.25) is 0 Å². The van der Waals surface area contributed by atoms with Crippen LogP contribution in [0.2, 0.25) is 0 Å². The molecule has 0 fully saturated rings. The molecule has 0 saturated heterocycles. The van der Waals surface area contributed by atoms with E-state index in [0.717, 1.165) is 0 Å². The Balaban J connectivity index is 1.61. The van der Waals surface area contributed by atoms with Gasteiger partial charge in [-0.3, -0.25) is 14.9 Å². The minimum absolute atomic E-state index is 0.151. The van der Waals surface area contributed by atoms with Crippen molar-refractivity contribution in [1.82, 2.24) is 5.32 Å². The van der Waals surface area contributed by atoms with Crippen molar-refractivity contribution >= 4 is 23.2 Å². The van der Waals surface area contributed by atoms with Gasteiger partial charge < -0.3 is 20.8 Å². The number of benzene rings is 3. The van der Waals surface area contributed by atoms with Gasteiger partial charge in [0.25, 0.3) is 11.8 Å². The number of phenolic OH excluding ortho intramolecular Hbond substituents is 2. The van der Waals surface area contributed by atoms with Gasteiger partial charge in [-0.15, -0.1) is 0 Å². The summed E-state index contributed by atoms with van der Waals surface area (Å²) in [6.07, 6.45) is 0. The number of rotatable bonds is 6. The Morgan fingerprint density at radius 1 is 0.655 bits per heavy atom. The number of carbonyl (C=O) groups is 2. The van der Waals surface area contributed by atoms with Gasteiger partial charge in [-0.05, 0) is 24.3 Å². The smallest absolute Gasteiger partial charge is 0.261 e. The fourth-order valence-corrected chi connectivity index (χ4v) is 3.30. The van der Waals surface area contributed by atoms with Crippen LogP contribution < -0.4 is 16.0 Å². The normalized spacial score (nSPS) is 12.4.